The molecule has 6 rings (SSSR count). The molecule has 0 aliphatic carbocycles. The van der Waals surface area contributed by atoms with Crippen LogP contribution in [-0.2, 0) is 23.4 Å². The van der Waals surface area contributed by atoms with Crippen LogP contribution in [0.15, 0.2) is 121 Å². The number of aliphatic hydroxyl groups excluding tert-OH is 1. The van der Waals surface area contributed by atoms with Gasteiger partial charge >= 0.3 is 250 Å². The van der Waals surface area contributed by atoms with Crippen LogP contribution in [0.25, 0.3) is 5.70 Å². The molecule has 0 spiro atoms. The van der Waals surface area contributed by atoms with Gasteiger partial charge in [0.2, 0.25) is 0 Å². The van der Waals surface area contributed by atoms with Gasteiger partial charge in [-0.25, -0.2) is 0 Å². The summed E-state index contributed by atoms with van der Waals surface area (Å²) in [5.41, 5.74) is 0.577. The topological polar surface area (TPSA) is 143 Å². The molecule has 1 unspecified atom stereocenters. The number of urea groups is 1. The minimum atomic E-state index is -4.95. The molecule has 1 saturated heterocycles. The Morgan fingerprint density at radius 2 is 1.55 bits per heavy atom. The zero-order valence-electron chi connectivity index (χ0n) is 25.5. The first-order valence-electron chi connectivity index (χ1n) is 14.9. The van der Waals surface area contributed by atoms with E-state index in [4.69, 9.17) is 13.4 Å². The second-order valence-electron chi connectivity index (χ2n) is 11.0. The fraction of sp³-hybridized carbons (Fsp3) is 0.182. The standard InChI is InChI=1S/C33H34N5O7PS/c1-2-22-46(28-12-6-3-7-13-28,29-14-8-4-9-15-29,30-16-10-5-11-17-30)45-47(42,43)44-38-27-23-26(24-36(25-27)33(38)41)37-20-18-31(35-37)34-32(40)19-21-39/h2-18,20,22-23,27,39H,19,21,24-25H2,1H3,(H,34,35,40)/b22-2+. The summed E-state index contributed by atoms with van der Waals surface area (Å²) in [5, 5.41) is 18.6. The van der Waals surface area contributed by atoms with Gasteiger partial charge in [0.1, 0.15) is 0 Å². The maximum atomic E-state index is 14.3. The van der Waals surface area contributed by atoms with Crippen LogP contribution in [0.4, 0.5) is 10.6 Å². The third kappa shape index (κ3) is 5.88. The van der Waals surface area contributed by atoms with Gasteiger partial charge in [-0.2, -0.15) is 0 Å². The molecule has 2 bridgehead atoms. The number of benzene rings is 3. The van der Waals surface area contributed by atoms with Gasteiger partial charge in [0, 0.05) is 0 Å². The molecular weight excluding hydrogens is 641 g/mol. The molecule has 3 heterocycles. The van der Waals surface area contributed by atoms with Crippen LogP contribution < -0.4 is 21.2 Å². The van der Waals surface area contributed by atoms with Crippen molar-refractivity contribution in [1.29, 1.82) is 0 Å². The quantitative estimate of drug-likeness (QED) is 0.218. The summed E-state index contributed by atoms with van der Waals surface area (Å²) in [7, 11) is -4.95. The average molecular weight is 676 g/mol. The number of aromatic nitrogens is 2. The number of rotatable bonds is 12. The van der Waals surface area contributed by atoms with E-state index in [1.54, 1.807) is 31.3 Å². The summed E-state index contributed by atoms with van der Waals surface area (Å²) in [5.74, 6) is 1.69. The zero-order valence-corrected chi connectivity index (χ0v) is 27.2. The SMILES string of the molecule is C/C=C/P(OS(=O)(=O)ON1C(=O)N2CC(n3ccc(NC(=O)CCO)n3)=CC1C2)(c1ccccc1)(c1ccccc1)c1ccccc1. The molecule has 3 aromatic carbocycles. The molecule has 0 saturated carbocycles. The first kappa shape index (κ1) is 32.3. The molecule has 1 aromatic heterocycles. The van der Waals surface area contributed by atoms with Gasteiger partial charge in [0.05, 0.1) is 13.0 Å². The number of hydrogen-bond acceptors (Lipinski definition) is 8. The van der Waals surface area contributed by atoms with Crippen molar-refractivity contribution < 1.29 is 31.4 Å². The zero-order chi connectivity index (χ0) is 33.1. The van der Waals surface area contributed by atoms with Gasteiger partial charge in [-0.1, -0.05) is 0 Å². The van der Waals surface area contributed by atoms with Crippen molar-refractivity contribution in [3.63, 3.8) is 0 Å². The van der Waals surface area contributed by atoms with Crippen molar-refractivity contribution in [1.82, 2.24) is 19.7 Å². The molecular formula is C33H34N5O7PS. The number of nitrogens with zero attached hydrogens (tertiary/aromatic N) is 4. The van der Waals surface area contributed by atoms with Crippen LogP contribution in [-0.4, -0.2) is 70.9 Å². The van der Waals surface area contributed by atoms with E-state index >= 15 is 0 Å². The van der Waals surface area contributed by atoms with Gasteiger partial charge < -0.3 is 5.11 Å². The van der Waals surface area contributed by atoms with Gasteiger partial charge in [0.25, 0.3) is 0 Å². The molecule has 12 nitrogen and oxygen atoms in total. The van der Waals surface area contributed by atoms with Crippen molar-refractivity contribution in [2.45, 2.75) is 19.4 Å². The normalized spacial score (nSPS) is 17.4. The van der Waals surface area contributed by atoms with E-state index in [-0.39, 0.29) is 31.9 Å². The molecule has 244 valence electrons. The van der Waals surface area contributed by atoms with Crippen LogP contribution in [0.5, 0.6) is 0 Å². The molecule has 1 atom stereocenters. The molecule has 0 radical (unpaired) electrons. The second-order valence-corrected chi connectivity index (χ2v) is 16.6. The van der Waals surface area contributed by atoms with Crippen LogP contribution in [0.2, 0.25) is 0 Å². The number of aliphatic hydroxyl groups is 1. The second kappa shape index (κ2) is 12.9. The van der Waals surface area contributed by atoms with Gasteiger partial charge in [-0.05, 0) is 0 Å². The van der Waals surface area contributed by atoms with Crippen molar-refractivity contribution in [2.24, 2.45) is 0 Å². The van der Waals surface area contributed by atoms with Crippen LogP contribution >= 0.6 is 6.83 Å². The Hall–Kier alpha value is -4.65. The summed E-state index contributed by atoms with van der Waals surface area (Å²) in [6.45, 7) is -2.65. The number of hydrogen-bond donors (Lipinski definition) is 2. The maximum absolute atomic E-state index is 14.3. The fourth-order valence-electron chi connectivity index (χ4n) is 6.09. The van der Waals surface area contributed by atoms with Gasteiger partial charge in [0.15, 0.2) is 0 Å². The van der Waals surface area contributed by atoms with E-state index in [1.165, 1.54) is 9.58 Å². The molecule has 3 amide bonds. The first-order valence-corrected chi connectivity index (χ1v) is 18.5. The van der Waals surface area contributed by atoms with E-state index in [2.05, 4.69) is 10.4 Å². The number of carbonyl (C=O) groups excluding carboxylic acids is 2. The number of fused-ring (bicyclic) bond motifs is 2. The molecule has 47 heavy (non-hydrogen) atoms. The number of allylic oxidation sites excluding steroid dienone is 1. The predicted molar refractivity (Wildman–Crippen MR) is 180 cm³/mol. The van der Waals surface area contributed by atoms with Crippen molar-refractivity contribution in [3.05, 3.63) is 121 Å². The molecule has 2 aliphatic heterocycles. The van der Waals surface area contributed by atoms with E-state index < -0.39 is 35.2 Å². The number of nitrogens with one attached hydrogen (secondary N) is 1. The summed E-state index contributed by atoms with van der Waals surface area (Å²) in [6.07, 6.45) is 5.02. The third-order valence-corrected chi connectivity index (χ3v) is 15.2. The predicted octanol–water partition coefficient (Wildman–Crippen LogP) is 3.34. The van der Waals surface area contributed by atoms with Crippen molar-refractivity contribution >= 4 is 56.6 Å². The van der Waals surface area contributed by atoms with Crippen LogP contribution in [0.1, 0.15) is 13.3 Å². The van der Waals surface area contributed by atoms with E-state index in [0.717, 1.165) is 5.06 Å². The summed E-state index contributed by atoms with van der Waals surface area (Å²) in [4.78, 5) is 26.8. The Morgan fingerprint density at radius 3 is 2.09 bits per heavy atom. The number of hydroxylamine groups is 2. The Balaban J connectivity index is 1.39. The van der Waals surface area contributed by atoms with Crippen LogP contribution in [0.3, 0.4) is 0 Å². The van der Waals surface area contributed by atoms with E-state index in [1.807, 2.05) is 96.8 Å². The first-order chi connectivity index (χ1) is 22.7. The Morgan fingerprint density at radius 1 is 0.979 bits per heavy atom. The van der Waals surface area contributed by atoms with Crippen molar-refractivity contribution in [2.75, 3.05) is 25.0 Å². The average Bonchev–Trinajstić information content (AvgIpc) is 3.63. The Kier molecular flexibility index (Phi) is 8.84. The third-order valence-electron chi connectivity index (χ3n) is 8.05. The summed E-state index contributed by atoms with van der Waals surface area (Å²) >= 11 is 0. The molecule has 2 N–H and O–H groups in total. The molecule has 14 heteroatoms. The fourth-order valence-corrected chi connectivity index (χ4v) is 13.6. The molecule has 1 fully saturated rings. The number of anilines is 1. The van der Waals surface area contributed by atoms with E-state index in [0.29, 0.717) is 21.6 Å². The van der Waals surface area contributed by atoms with Crippen molar-refractivity contribution in [3.8, 4) is 0 Å². The Bertz CT molecular complexity index is 1840. The van der Waals surface area contributed by atoms with Gasteiger partial charge in [-0.3, -0.25) is 4.79 Å². The van der Waals surface area contributed by atoms with Gasteiger partial charge in [-0.15, -0.1) is 0 Å². The molecule has 4 aromatic rings. The summed E-state index contributed by atoms with van der Waals surface area (Å²) < 4.78 is 42.2. The monoisotopic (exact) mass is 675 g/mol. The number of carbonyl (C=O) groups is 2. The van der Waals surface area contributed by atoms with E-state index in [9.17, 15) is 18.0 Å². The Labute approximate surface area is 272 Å². The molecule has 2 aliphatic rings. The summed E-state index contributed by atoms with van der Waals surface area (Å²) in [6, 6.07) is 27.7. The minimum absolute atomic E-state index is 0.0694. The number of amides is 3. The van der Waals surface area contributed by atoms with Crippen LogP contribution in [0, 0.1) is 0 Å².